The van der Waals surface area contributed by atoms with Gasteiger partial charge < -0.3 is 9.84 Å². The van der Waals surface area contributed by atoms with E-state index in [0.29, 0.717) is 23.5 Å². The van der Waals surface area contributed by atoms with E-state index < -0.39 is 17.7 Å². The van der Waals surface area contributed by atoms with Crippen molar-refractivity contribution in [3.05, 3.63) is 89.8 Å². The van der Waals surface area contributed by atoms with Crippen LogP contribution in [-0.2, 0) is 9.59 Å². The summed E-state index contributed by atoms with van der Waals surface area (Å²) < 4.78 is 5.43. The molecule has 4 rings (SSSR count). The maximum Gasteiger partial charge on any atom is 0.302 e. The molecule has 7 heteroatoms. The van der Waals surface area contributed by atoms with E-state index in [0.717, 1.165) is 0 Å². The third kappa shape index (κ3) is 3.41. The summed E-state index contributed by atoms with van der Waals surface area (Å²) in [5.74, 6) is -1.10. The van der Waals surface area contributed by atoms with Gasteiger partial charge in [0.1, 0.15) is 11.5 Å². The Labute approximate surface area is 173 Å². The van der Waals surface area contributed by atoms with Gasteiger partial charge in [-0.2, -0.15) is 0 Å². The molecule has 0 unspecified atom stereocenters. The van der Waals surface area contributed by atoms with Crippen LogP contribution in [0, 0.1) is 0 Å². The van der Waals surface area contributed by atoms with Gasteiger partial charge >= 0.3 is 5.91 Å². The van der Waals surface area contributed by atoms with Crippen LogP contribution >= 0.6 is 0 Å². The molecular formula is C23H19N3O4. The predicted octanol–water partition coefficient (Wildman–Crippen LogP) is 3.50. The molecule has 1 aliphatic heterocycles. The Morgan fingerprint density at radius 2 is 1.67 bits per heavy atom. The Bertz CT molecular complexity index is 1100. The summed E-state index contributed by atoms with van der Waals surface area (Å²) >= 11 is 0. The van der Waals surface area contributed by atoms with Gasteiger partial charge in [-0.1, -0.05) is 30.3 Å². The predicted molar refractivity (Wildman–Crippen MR) is 111 cm³/mol. The van der Waals surface area contributed by atoms with Gasteiger partial charge in [0.25, 0.3) is 5.78 Å². The van der Waals surface area contributed by atoms with Gasteiger partial charge in [0.05, 0.1) is 18.2 Å². The molecular weight excluding hydrogens is 382 g/mol. The van der Waals surface area contributed by atoms with E-state index in [9.17, 15) is 14.7 Å². The Morgan fingerprint density at radius 1 is 1.00 bits per heavy atom. The lowest BCUT2D eigenvalue weighted by atomic mass is 9.95. The fourth-order valence-electron chi connectivity index (χ4n) is 3.44. The van der Waals surface area contributed by atoms with Gasteiger partial charge in [-0.05, 0) is 42.8 Å². The van der Waals surface area contributed by atoms with Crippen molar-refractivity contribution in [1.29, 1.82) is 0 Å². The van der Waals surface area contributed by atoms with E-state index in [1.165, 1.54) is 17.3 Å². The number of anilines is 1. The lowest BCUT2D eigenvalue weighted by Crippen LogP contribution is -2.31. The fraction of sp³-hybridized carbons (Fsp3) is 0.130. The van der Waals surface area contributed by atoms with Crippen LogP contribution in [0.2, 0.25) is 0 Å². The third-order valence-corrected chi connectivity index (χ3v) is 4.77. The quantitative estimate of drug-likeness (QED) is 0.400. The number of hydrogen-bond acceptors (Lipinski definition) is 6. The first kappa shape index (κ1) is 19.3. The molecule has 2 heterocycles. The minimum atomic E-state index is -0.847. The van der Waals surface area contributed by atoms with Crippen LogP contribution < -0.4 is 9.64 Å². The van der Waals surface area contributed by atoms with Crippen LogP contribution in [0.5, 0.6) is 5.75 Å². The van der Waals surface area contributed by atoms with Crippen molar-refractivity contribution >= 4 is 23.4 Å². The second-order valence-electron chi connectivity index (χ2n) is 6.59. The monoisotopic (exact) mass is 401 g/mol. The van der Waals surface area contributed by atoms with Crippen LogP contribution in [0.4, 0.5) is 5.95 Å². The molecule has 30 heavy (non-hydrogen) atoms. The van der Waals surface area contributed by atoms with Crippen LogP contribution in [-0.4, -0.2) is 33.4 Å². The fourth-order valence-corrected chi connectivity index (χ4v) is 3.44. The molecule has 1 fully saturated rings. The molecule has 7 nitrogen and oxygen atoms in total. The van der Waals surface area contributed by atoms with Crippen molar-refractivity contribution < 1.29 is 19.4 Å². The molecule has 1 aromatic heterocycles. The molecule has 0 radical (unpaired) electrons. The van der Waals surface area contributed by atoms with E-state index in [2.05, 4.69) is 9.97 Å². The van der Waals surface area contributed by atoms with Gasteiger partial charge in [0.2, 0.25) is 5.95 Å². The summed E-state index contributed by atoms with van der Waals surface area (Å²) in [5, 5.41) is 11.0. The number of benzene rings is 2. The number of amides is 1. The lowest BCUT2D eigenvalue weighted by Gasteiger charge is -2.23. The highest BCUT2D eigenvalue weighted by Gasteiger charge is 2.48. The molecule has 0 saturated carbocycles. The number of aromatic nitrogens is 2. The lowest BCUT2D eigenvalue weighted by molar-refractivity contribution is -0.132. The third-order valence-electron chi connectivity index (χ3n) is 4.77. The topological polar surface area (TPSA) is 92.6 Å². The number of nitrogens with zero attached hydrogens (tertiary/aromatic N) is 3. The van der Waals surface area contributed by atoms with Crippen molar-refractivity contribution in [2.24, 2.45) is 0 Å². The van der Waals surface area contributed by atoms with Crippen molar-refractivity contribution in [3.8, 4) is 5.75 Å². The molecule has 0 bridgehead atoms. The first-order valence-corrected chi connectivity index (χ1v) is 9.48. The van der Waals surface area contributed by atoms with E-state index >= 15 is 0 Å². The van der Waals surface area contributed by atoms with Crippen molar-refractivity contribution in [2.45, 2.75) is 13.0 Å². The molecule has 1 N–H and O–H groups in total. The van der Waals surface area contributed by atoms with Crippen LogP contribution in [0.1, 0.15) is 24.1 Å². The number of ketones is 1. The maximum absolute atomic E-state index is 13.0. The summed E-state index contributed by atoms with van der Waals surface area (Å²) in [6.45, 7) is 2.39. The van der Waals surface area contributed by atoms with Gasteiger partial charge in [0, 0.05) is 18.0 Å². The molecule has 3 aromatic rings. The Hall–Kier alpha value is -4.00. The first-order chi connectivity index (χ1) is 14.6. The zero-order valence-electron chi connectivity index (χ0n) is 16.2. The second kappa shape index (κ2) is 8.16. The Balaban J connectivity index is 1.87. The summed E-state index contributed by atoms with van der Waals surface area (Å²) in [6.07, 6.45) is 2.99. The number of Topliss-reactive ketones (excluding diaryl/α,β-unsaturated/α-hetero) is 1. The van der Waals surface area contributed by atoms with Crippen LogP contribution in [0.3, 0.4) is 0 Å². The maximum atomic E-state index is 13.0. The number of carbonyl (C=O) groups excluding carboxylic acids is 2. The molecule has 150 valence electrons. The van der Waals surface area contributed by atoms with E-state index in [4.69, 9.17) is 4.74 Å². The highest BCUT2D eigenvalue weighted by Crippen LogP contribution is 2.40. The molecule has 1 aliphatic rings. The van der Waals surface area contributed by atoms with Gasteiger partial charge in [-0.15, -0.1) is 0 Å². The Kier molecular flexibility index (Phi) is 5.26. The zero-order chi connectivity index (χ0) is 21.1. The number of ether oxygens (including phenoxy) is 1. The summed E-state index contributed by atoms with van der Waals surface area (Å²) in [6, 6.07) is 16.5. The molecule has 0 spiro atoms. The van der Waals surface area contributed by atoms with Crippen molar-refractivity contribution in [3.63, 3.8) is 0 Å². The van der Waals surface area contributed by atoms with E-state index in [1.807, 2.05) is 13.0 Å². The standard InChI is InChI=1S/C23H19N3O4/c1-2-30-17-11-9-16(10-12-17)20(27)18-19(15-7-4-3-5-8-15)26(22(29)21(18)28)23-24-13-6-14-25-23/h3-14,19,27H,2H2,1H3/b20-18+/t19-/m0/s1. The first-order valence-electron chi connectivity index (χ1n) is 9.48. The molecule has 1 atom stereocenters. The van der Waals surface area contributed by atoms with Crippen LogP contribution in [0.25, 0.3) is 5.76 Å². The number of carbonyl (C=O) groups is 2. The van der Waals surface area contributed by atoms with Gasteiger partial charge in [-0.3, -0.25) is 14.5 Å². The molecule has 1 saturated heterocycles. The SMILES string of the molecule is CCOc1ccc(/C(O)=C2\C(=O)C(=O)N(c3ncccn3)[C@H]2c2ccccc2)cc1. The average molecular weight is 401 g/mol. The highest BCUT2D eigenvalue weighted by molar-refractivity contribution is 6.51. The largest absolute Gasteiger partial charge is 0.507 e. The average Bonchev–Trinajstić information content (AvgIpc) is 3.06. The Morgan fingerprint density at radius 3 is 2.30 bits per heavy atom. The number of aliphatic hydroxyl groups excluding tert-OH is 1. The summed E-state index contributed by atoms with van der Waals surface area (Å²) in [4.78, 5) is 35.4. The summed E-state index contributed by atoms with van der Waals surface area (Å²) in [7, 11) is 0. The zero-order valence-corrected chi connectivity index (χ0v) is 16.2. The smallest absolute Gasteiger partial charge is 0.302 e. The van der Waals surface area contributed by atoms with E-state index in [-0.39, 0.29) is 17.3 Å². The minimum Gasteiger partial charge on any atom is -0.507 e. The molecule has 1 amide bonds. The minimum absolute atomic E-state index is 0.0113. The second-order valence-corrected chi connectivity index (χ2v) is 6.59. The highest BCUT2D eigenvalue weighted by atomic mass is 16.5. The number of rotatable bonds is 5. The van der Waals surface area contributed by atoms with Crippen molar-refractivity contribution in [1.82, 2.24) is 9.97 Å². The molecule has 0 aliphatic carbocycles. The van der Waals surface area contributed by atoms with Gasteiger partial charge in [-0.25, -0.2) is 9.97 Å². The molecule has 2 aromatic carbocycles. The van der Waals surface area contributed by atoms with Gasteiger partial charge in [0.15, 0.2) is 0 Å². The van der Waals surface area contributed by atoms with E-state index in [1.54, 1.807) is 54.6 Å². The number of aliphatic hydroxyl groups is 1. The van der Waals surface area contributed by atoms with Crippen molar-refractivity contribution in [2.75, 3.05) is 11.5 Å². The van der Waals surface area contributed by atoms with Crippen LogP contribution in [0.15, 0.2) is 78.6 Å². The normalized spacial score (nSPS) is 17.9. The summed E-state index contributed by atoms with van der Waals surface area (Å²) in [5.41, 5.74) is 1.06. The number of hydrogen-bond donors (Lipinski definition) is 1.